The van der Waals surface area contributed by atoms with E-state index in [1.807, 2.05) is 24.3 Å². The second-order valence-electron chi connectivity index (χ2n) is 1.81. The Hall–Kier alpha value is 0.101. The van der Waals surface area contributed by atoms with Crippen molar-refractivity contribution in [2.45, 2.75) is 0 Å². The summed E-state index contributed by atoms with van der Waals surface area (Å²) >= 11 is 0. The molecular weight excluding hydrogens is 330 g/mol. The molecule has 64 valence electrons. The number of nitrogens with zero attached hydrogens (tertiary/aromatic N) is 2. The zero-order chi connectivity index (χ0) is 6.10. The van der Waals surface area contributed by atoms with Crippen LogP contribution in [0.3, 0.4) is 0 Å². The first-order valence-corrected chi connectivity index (χ1v) is 2.72. The molecule has 0 unspecified atom stereocenters. The van der Waals surface area contributed by atoms with E-state index in [0.29, 0.717) is 0 Å². The molecule has 0 spiro atoms. The summed E-state index contributed by atoms with van der Waals surface area (Å²) in [5, 5.41) is 10.3. The van der Waals surface area contributed by atoms with E-state index >= 15 is 0 Å². The van der Waals surface area contributed by atoms with Crippen molar-refractivity contribution in [3.05, 3.63) is 24.3 Å². The van der Waals surface area contributed by atoms with Crippen LogP contribution in [0.4, 0.5) is 0 Å². The number of aromatic amines is 1. The molecule has 0 amide bonds. The predicted octanol–water partition coefficient (Wildman–Crippen LogP) is 0.953. The van der Waals surface area contributed by atoms with E-state index in [-0.39, 0.29) is 44.8 Å². The van der Waals surface area contributed by atoms with E-state index < -0.39 is 0 Å². The summed E-state index contributed by atoms with van der Waals surface area (Å²) in [6.07, 6.45) is 0. The summed E-state index contributed by atoms with van der Waals surface area (Å²) in [6.45, 7) is 0. The van der Waals surface area contributed by atoms with E-state index in [4.69, 9.17) is 0 Å². The Morgan fingerprint density at radius 2 is 1.36 bits per heavy atom. The molecule has 1 N–H and O–H groups in total. The normalized spacial score (nSPS) is 8.36. The number of aromatic nitrogens is 3. The van der Waals surface area contributed by atoms with Crippen LogP contribution in [0.5, 0.6) is 0 Å². The maximum atomic E-state index is 3.88. The van der Waals surface area contributed by atoms with Crippen molar-refractivity contribution in [3.63, 3.8) is 0 Å². The van der Waals surface area contributed by atoms with Crippen LogP contribution in [-0.2, 0) is 44.8 Å². The summed E-state index contributed by atoms with van der Waals surface area (Å²) in [6, 6.07) is 7.70. The van der Waals surface area contributed by atoms with Crippen molar-refractivity contribution in [2.24, 2.45) is 0 Å². The first kappa shape index (κ1) is 11.1. The van der Waals surface area contributed by atoms with E-state index in [1.54, 1.807) is 0 Å². The van der Waals surface area contributed by atoms with Gasteiger partial charge in [0.1, 0.15) is 11.0 Å². The van der Waals surface area contributed by atoms with Gasteiger partial charge in [0.2, 0.25) is 0 Å². The van der Waals surface area contributed by atoms with Crippen LogP contribution in [0.15, 0.2) is 24.3 Å². The molecule has 2 rings (SSSR count). The number of para-hydroxylation sites is 2. The number of rotatable bonds is 0. The quantitative estimate of drug-likeness (QED) is 0.729. The van der Waals surface area contributed by atoms with Crippen LogP contribution in [0.25, 0.3) is 11.0 Å². The van der Waals surface area contributed by atoms with Gasteiger partial charge in [-0.15, -0.1) is 0 Å². The first-order valence-electron chi connectivity index (χ1n) is 2.72. The Kier molecular flexibility index (Phi) is 4.92. The largest absolute Gasteiger partial charge is 1.00 e. The van der Waals surface area contributed by atoms with Gasteiger partial charge in [-0.2, -0.15) is 15.4 Å². The van der Waals surface area contributed by atoms with Gasteiger partial charge >= 0.3 is 44.8 Å². The second kappa shape index (κ2) is 4.87. The number of fused-ring (bicyclic) bond motifs is 1. The van der Waals surface area contributed by atoms with Gasteiger partial charge in [-0.3, -0.25) is 0 Å². The summed E-state index contributed by atoms with van der Waals surface area (Å²) in [7, 11) is 0. The molecular formula is C6H5Ag2N3+2. The van der Waals surface area contributed by atoms with Gasteiger partial charge < -0.3 is 0 Å². The number of H-pyrrole nitrogens is 1. The van der Waals surface area contributed by atoms with Crippen LogP contribution >= 0.6 is 0 Å². The molecule has 0 aliphatic carbocycles. The average Bonchev–Trinajstić information content (AvgIpc) is 2.33. The predicted molar refractivity (Wildman–Crippen MR) is 33.9 cm³/mol. The van der Waals surface area contributed by atoms with Crippen molar-refractivity contribution in [2.75, 3.05) is 0 Å². The Balaban J connectivity index is 0.000000500. The summed E-state index contributed by atoms with van der Waals surface area (Å²) in [4.78, 5) is 0. The van der Waals surface area contributed by atoms with Crippen LogP contribution in [-0.4, -0.2) is 15.4 Å². The fourth-order valence-corrected chi connectivity index (χ4v) is 0.786. The fourth-order valence-electron chi connectivity index (χ4n) is 0.786. The van der Waals surface area contributed by atoms with Crippen LogP contribution in [0, 0.1) is 0 Å². The van der Waals surface area contributed by atoms with Gasteiger partial charge in [-0.25, -0.2) is 0 Å². The molecule has 0 aliphatic rings. The molecule has 0 saturated carbocycles. The molecule has 0 bridgehead atoms. The molecule has 5 heteroatoms. The molecule has 1 aromatic heterocycles. The van der Waals surface area contributed by atoms with E-state index in [2.05, 4.69) is 15.4 Å². The molecule has 3 nitrogen and oxygen atoms in total. The van der Waals surface area contributed by atoms with Crippen LogP contribution in [0.1, 0.15) is 0 Å². The molecule has 0 saturated heterocycles. The summed E-state index contributed by atoms with van der Waals surface area (Å²) < 4.78 is 0. The van der Waals surface area contributed by atoms with Crippen LogP contribution in [0.2, 0.25) is 0 Å². The van der Waals surface area contributed by atoms with Crippen molar-refractivity contribution < 1.29 is 44.8 Å². The van der Waals surface area contributed by atoms with E-state index in [1.165, 1.54) is 0 Å². The van der Waals surface area contributed by atoms with E-state index in [9.17, 15) is 0 Å². The Bertz CT molecular complexity index is 290. The van der Waals surface area contributed by atoms with Crippen molar-refractivity contribution in [3.8, 4) is 0 Å². The Morgan fingerprint density at radius 3 is 1.82 bits per heavy atom. The van der Waals surface area contributed by atoms with Crippen molar-refractivity contribution >= 4 is 11.0 Å². The number of nitrogens with one attached hydrogen (secondary N) is 1. The maximum Gasteiger partial charge on any atom is 1.00 e. The van der Waals surface area contributed by atoms with Crippen molar-refractivity contribution in [1.82, 2.24) is 15.4 Å². The SMILES string of the molecule is [Ag+].[Ag+].c1ccc2n[nH]nc2c1. The molecule has 2 aromatic rings. The standard InChI is InChI=1S/C6H5N3.2Ag/c1-2-4-6-5(3-1)7-9-8-6;;/h1-4H,(H,7,8,9);;/q;2*+1. The average molecular weight is 335 g/mol. The Morgan fingerprint density at radius 1 is 0.909 bits per heavy atom. The van der Waals surface area contributed by atoms with Gasteiger partial charge in [-0.05, 0) is 12.1 Å². The maximum absolute atomic E-state index is 3.88. The molecule has 0 fully saturated rings. The first-order chi connectivity index (χ1) is 4.47. The van der Waals surface area contributed by atoms with Gasteiger partial charge in [0, 0.05) is 0 Å². The molecule has 1 aromatic carbocycles. The van der Waals surface area contributed by atoms with Crippen LogP contribution < -0.4 is 0 Å². The molecule has 1 heterocycles. The molecule has 0 aliphatic heterocycles. The zero-order valence-electron chi connectivity index (χ0n) is 5.31. The zero-order valence-corrected chi connectivity index (χ0v) is 8.27. The van der Waals surface area contributed by atoms with Crippen molar-refractivity contribution in [1.29, 1.82) is 0 Å². The number of hydrogen-bond acceptors (Lipinski definition) is 2. The minimum absolute atomic E-state index is 0. The second-order valence-corrected chi connectivity index (χ2v) is 1.81. The van der Waals surface area contributed by atoms with Gasteiger partial charge in [0.05, 0.1) is 0 Å². The number of benzene rings is 1. The van der Waals surface area contributed by atoms with Gasteiger partial charge in [0.25, 0.3) is 0 Å². The van der Waals surface area contributed by atoms with Gasteiger partial charge in [-0.1, -0.05) is 12.1 Å². The fraction of sp³-hybridized carbons (Fsp3) is 0. The topological polar surface area (TPSA) is 41.6 Å². The minimum Gasteiger partial charge on any atom is -0.197 e. The monoisotopic (exact) mass is 333 g/mol. The third-order valence-electron chi connectivity index (χ3n) is 1.22. The molecule has 11 heavy (non-hydrogen) atoms. The number of hydrogen-bond donors (Lipinski definition) is 1. The Labute approximate surface area is 95.0 Å². The third kappa shape index (κ3) is 2.27. The summed E-state index contributed by atoms with van der Waals surface area (Å²) in [5.41, 5.74) is 1.83. The smallest absolute Gasteiger partial charge is 0.197 e. The molecule has 0 atom stereocenters. The summed E-state index contributed by atoms with van der Waals surface area (Å²) in [5.74, 6) is 0. The molecule has 0 radical (unpaired) electrons. The minimum atomic E-state index is 0. The third-order valence-corrected chi connectivity index (χ3v) is 1.22. The van der Waals surface area contributed by atoms with Gasteiger partial charge in [0.15, 0.2) is 0 Å². The van der Waals surface area contributed by atoms with E-state index in [0.717, 1.165) is 11.0 Å².